The van der Waals surface area contributed by atoms with E-state index < -0.39 is 0 Å². The fourth-order valence-electron chi connectivity index (χ4n) is 2.64. The second kappa shape index (κ2) is 5.25. The van der Waals surface area contributed by atoms with Crippen LogP contribution in [0.1, 0.15) is 16.1 Å². The number of para-hydroxylation sites is 1. The maximum atomic E-state index is 12.5. The summed E-state index contributed by atoms with van der Waals surface area (Å²) in [6.07, 6.45) is 1.71. The summed E-state index contributed by atoms with van der Waals surface area (Å²) >= 11 is 0. The Hall–Kier alpha value is -3.14. The lowest BCUT2D eigenvalue weighted by atomic mass is 10.2. The molecule has 0 aliphatic heterocycles. The molecule has 23 heavy (non-hydrogen) atoms. The molecule has 0 fully saturated rings. The normalized spacial score (nSPS) is 11.0. The minimum absolute atomic E-state index is 0.281. The number of carbonyl (C=O) groups is 1. The number of carbonyl (C=O) groups excluding carboxylic acids is 1. The Morgan fingerprint density at radius 3 is 2.83 bits per heavy atom. The molecule has 0 bridgehead atoms. The number of amides is 1. The highest BCUT2D eigenvalue weighted by Crippen LogP contribution is 2.24. The second-order valence-electron chi connectivity index (χ2n) is 5.49. The van der Waals surface area contributed by atoms with Gasteiger partial charge in [-0.15, -0.1) is 0 Å². The van der Waals surface area contributed by atoms with Crippen molar-refractivity contribution in [3.8, 4) is 0 Å². The molecule has 2 heterocycles. The molecule has 0 atom stereocenters. The summed E-state index contributed by atoms with van der Waals surface area (Å²) in [4.78, 5) is 16.8. The van der Waals surface area contributed by atoms with Crippen molar-refractivity contribution in [3.63, 3.8) is 0 Å². The summed E-state index contributed by atoms with van der Waals surface area (Å²) in [6, 6.07) is 17.1. The van der Waals surface area contributed by atoms with Crippen molar-refractivity contribution in [2.24, 2.45) is 0 Å². The van der Waals surface area contributed by atoms with Crippen molar-refractivity contribution in [1.29, 1.82) is 0 Å². The van der Waals surface area contributed by atoms with Gasteiger partial charge in [-0.05, 0) is 36.8 Å². The fraction of sp³-hybridized carbons (Fsp3) is 0.0526. The molecule has 1 N–H and O–H groups in total. The largest absolute Gasteiger partial charge is 0.451 e. The van der Waals surface area contributed by atoms with Crippen LogP contribution in [0.25, 0.3) is 21.9 Å². The molecule has 4 heteroatoms. The number of furan rings is 1. The van der Waals surface area contributed by atoms with Crippen LogP contribution in [0.3, 0.4) is 0 Å². The molecule has 0 aliphatic carbocycles. The number of pyridine rings is 1. The third kappa shape index (κ3) is 2.44. The van der Waals surface area contributed by atoms with Crippen molar-refractivity contribution in [3.05, 3.63) is 72.1 Å². The average Bonchev–Trinajstić information content (AvgIpc) is 2.98. The molecule has 4 rings (SSSR count). The highest BCUT2D eigenvalue weighted by Gasteiger charge is 2.14. The molecule has 4 aromatic rings. The Morgan fingerprint density at radius 1 is 1.04 bits per heavy atom. The van der Waals surface area contributed by atoms with Gasteiger partial charge in [-0.1, -0.05) is 30.3 Å². The van der Waals surface area contributed by atoms with E-state index >= 15 is 0 Å². The van der Waals surface area contributed by atoms with Gasteiger partial charge < -0.3 is 9.73 Å². The number of nitrogens with zero attached hydrogens (tertiary/aromatic N) is 1. The van der Waals surface area contributed by atoms with Crippen LogP contribution < -0.4 is 5.32 Å². The Bertz CT molecular complexity index is 1030. The van der Waals surface area contributed by atoms with E-state index in [4.69, 9.17) is 4.42 Å². The number of aryl methyl sites for hydroxylation is 1. The molecule has 1 amide bonds. The van der Waals surface area contributed by atoms with Gasteiger partial charge in [0, 0.05) is 17.0 Å². The van der Waals surface area contributed by atoms with Gasteiger partial charge in [0.2, 0.25) is 0 Å². The standard InChI is InChI=1S/C19H14N2O2/c1-12-7-8-14-11-17(23-16(14)10-12)19(22)21-15-6-2-4-13-5-3-9-20-18(13)15/h2-11H,1H3,(H,21,22). The number of nitrogens with one attached hydrogen (secondary N) is 1. The van der Waals surface area contributed by atoms with Gasteiger partial charge in [-0.3, -0.25) is 9.78 Å². The first-order chi connectivity index (χ1) is 11.2. The molecule has 0 saturated carbocycles. The molecule has 2 aromatic heterocycles. The van der Waals surface area contributed by atoms with Crippen LogP contribution in [0.2, 0.25) is 0 Å². The molecule has 0 saturated heterocycles. The first kappa shape index (κ1) is 13.5. The van der Waals surface area contributed by atoms with E-state index in [0.717, 1.165) is 21.9 Å². The zero-order valence-corrected chi connectivity index (χ0v) is 12.5. The highest BCUT2D eigenvalue weighted by atomic mass is 16.3. The fourth-order valence-corrected chi connectivity index (χ4v) is 2.64. The van der Waals surface area contributed by atoms with Crippen LogP contribution >= 0.6 is 0 Å². The van der Waals surface area contributed by atoms with E-state index in [0.29, 0.717) is 17.0 Å². The first-order valence-electron chi connectivity index (χ1n) is 7.36. The maximum absolute atomic E-state index is 12.5. The topological polar surface area (TPSA) is 55.1 Å². The second-order valence-corrected chi connectivity index (χ2v) is 5.49. The third-order valence-electron chi connectivity index (χ3n) is 3.78. The van der Waals surface area contributed by atoms with E-state index in [-0.39, 0.29) is 5.91 Å². The van der Waals surface area contributed by atoms with Gasteiger partial charge >= 0.3 is 0 Å². The van der Waals surface area contributed by atoms with Crippen LogP contribution in [0.4, 0.5) is 5.69 Å². The van der Waals surface area contributed by atoms with Crippen LogP contribution in [0.15, 0.2) is 65.2 Å². The van der Waals surface area contributed by atoms with E-state index in [2.05, 4.69) is 10.3 Å². The van der Waals surface area contributed by atoms with E-state index in [1.165, 1.54) is 0 Å². The van der Waals surface area contributed by atoms with Gasteiger partial charge in [-0.2, -0.15) is 0 Å². The smallest absolute Gasteiger partial charge is 0.291 e. The predicted octanol–water partition coefficient (Wildman–Crippen LogP) is 4.54. The van der Waals surface area contributed by atoms with E-state index in [9.17, 15) is 4.79 Å². The molecular weight excluding hydrogens is 288 g/mol. The van der Waals surface area contributed by atoms with Crippen LogP contribution in [-0.4, -0.2) is 10.9 Å². The van der Waals surface area contributed by atoms with Crippen LogP contribution in [0, 0.1) is 6.92 Å². The van der Waals surface area contributed by atoms with Crippen molar-refractivity contribution >= 4 is 33.5 Å². The minimum Gasteiger partial charge on any atom is -0.451 e. The number of fused-ring (bicyclic) bond motifs is 2. The van der Waals surface area contributed by atoms with Crippen LogP contribution in [-0.2, 0) is 0 Å². The molecule has 0 aliphatic rings. The third-order valence-corrected chi connectivity index (χ3v) is 3.78. The van der Waals surface area contributed by atoms with Crippen molar-refractivity contribution in [1.82, 2.24) is 4.98 Å². The number of hydrogen-bond acceptors (Lipinski definition) is 3. The quantitative estimate of drug-likeness (QED) is 0.591. The Labute approximate surface area is 132 Å². The highest BCUT2D eigenvalue weighted by molar-refractivity contribution is 6.08. The maximum Gasteiger partial charge on any atom is 0.291 e. The van der Waals surface area contributed by atoms with Gasteiger partial charge in [0.25, 0.3) is 5.91 Å². The summed E-state index contributed by atoms with van der Waals surface area (Å²) in [5.41, 5.74) is 3.24. The van der Waals surface area contributed by atoms with Gasteiger partial charge in [0.15, 0.2) is 5.76 Å². The monoisotopic (exact) mass is 302 g/mol. The lowest BCUT2D eigenvalue weighted by Crippen LogP contribution is -2.11. The number of benzene rings is 2. The summed E-state index contributed by atoms with van der Waals surface area (Å²) in [6.45, 7) is 1.99. The van der Waals surface area contributed by atoms with Gasteiger partial charge in [-0.25, -0.2) is 0 Å². The number of rotatable bonds is 2. The van der Waals surface area contributed by atoms with Crippen LogP contribution in [0.5, 0.6) is 0 Å². The number of hydrogen-bond donors (Lipinski definition) is 1. The first-order valence-corrected chi connectivity index (χ1v) is 7.36. The summed E-state index contributed by atoms with van der Waals surface area (Å²) in [5, 5.41) is 4.77. The predicted molar refractivity (Wildman–Crippen MR) is 90.6 cm³/mol. The molecule has 0 unspecified atom stereocenters. The molecule has 112 valence electrons. The SMILES string of the molecule is Cc1ccc2cc(C(=O)Nc3cccc4cccnc34)oc2c1. The number of anilines is 1. The molecule has 0 spiro atoms. The molecular formula is C19H14N2O2. The van der Waals surface area contributed by atoms with Crippen molar-refractivity contribution < 1.29 is 9.21 Å². The molecule has 2 aromatic carbocycles. The van der Waals surface area contributed by atoms with E-state index in [1.807, 2.05) is 55.5 Å². The minimum atomic E-state index is -0.281. The zero-order chi connectivity index (χ0) is 15.8. The molecule has 4 nitrogen and oxygen atoms in total. The summed E-state index contributed by atoms with van der Waals surface area (Å²) in [5.74, 6) is 0.00976. The zero-order valence-electron chi connectivity index (χ0n) is 12.5. The van der Waals surface area contributed by atoms with Gasteiger partial charge in [0.05, 0.1) is 11.2 Å². The average molecular weight is 302 g/mol. The van der Waals surface area contributed by atoms with Gasteiger partial charge in [0.1, 0.15) is 5.58 Å². The summed E-state index contributed by atoms with van der Waals surface area (Å²) < 4.78 is 5.66. The van der Waals surface area contributed by atoms with E-state index in [1.54, 1.807) is 12.3 Å². The molecule has 0 radical (unpaired) electrons. The summed E-state index contributed by atoms with van der Waals surface area (Å²) in [7, 11) is 0. The lowest BCUT2D eigenvalue weighted by Gasteiger charge is -2.06. The Kier molecular flexibility index (Phi) is 3.08. The lowest BCUT2D eigenvalue weighted by molar-refractivity contribution is 0.0999. The Morgan fingerprint density at radius 2 is 1.91 bits per heavy atom. The number of aromatic nitrogens is 1. The van der Waals surface area contributed by atoms with Crippen molar-refractivity contribution in [2.75, 3.05) is 5.32 Å². The van der Waals surface area contributed by atoms with Crippen molar-refractivity contribution in [2.45, 2.75) is 6.92 Å². The Balaban J connectivity index is 1.70.